The van der Waals surface area contributed by atoms with Crippen molar-refractivity contribution in [2.75, 3.05) is 0 Å². The fourth-order valence-electron chi connectivity index (χ4n) is 3.05. The van der Waals surface area contributed by atoms with Gasteiger partial charge in [0.1, 0.15) is 0 Å². The van der Waals surface area contributed by atoms with Crippen molar-refractivity contribution in [2.45, 2.75) is 52.9 Å². The third-order valence-corrected chi connectivity index (χ3v) is 4.26. The van der Waals surface area contributed by atoms with Gasteiger partial charge in [0.2, 0.25) is 0 Å². The van der Waals surface area contributed by atoms with E-state index in [9.17, 15) is 4.79 Å². The number of allylic oxidation sites excluding steroid dienone is 2. The number of Topliss-reactive ketones (excluding diaryl/α,β-unsaturated/α-hetero) is 1. The fourth-order valence-corrected chi connectivity index (χ4v) is 3.05. The van der Waals surface area contributed by atoms with E-state index >= 15 is 0 Å². The van der Waals surface area contributed by atoms with Crippen molar-refractivity contribution < 1.29 is 4.79 Å². The first-order chi connectivity index (χ1) is 7.09. The number of hydrogen-bond acceptors (Lipinski definition) is 1. The van der Waals surface area contributed by atoms with Gasteiger partial charge in [-0.3, -0.25) is 4.79 Å². The first kappa shape index (κ1) is 10.9. The lowest BCUT2D eigenvalue weighted by Crippen LogP contribution is -2.27. The van der Waals surface area contributed by atoms with E-state index in [0.717, 1.165) is 12.8 Å². The molecule has 2 rings (SSSR count). The highest BCUT2D eigenvalue weighted by atomic mass is 16.1. The Morgan fingerprint density at radius 2 is 2.00 bits per heavy atom. The average molecular weight is 206 g/mol. The molecule has 0 radical (unpaired) electrons. The van der Waals surface area contributed by atoms with Gasteiger partial charge in [-0.25, -0.2) is 0 Å². The second kappa shape index (κ2) is 4.11. The molecule has 0 aromatic carbocycles. The molecule has 1 heteroatoms. The molecular weight excluding hydrogens is 184 g/mol. The van der Waals surface area contributed by atoms with Crippen LogP contribution in [0.5, 0.6) is 0 Å². The van der Waals surface area contributed by atoms with Gasteiger partial charge in [-0.05, 0) is 49.0 Å². The van der Waals surface area contributed by atoms with Gasteiger partial charge in [0.05, 0.1) is 0 Å². The molecule has 2 aliphatic carbocycles. The monoisotopic (exact) mass is 206 g/mol. The predicted octanol–water partition coefficient (Wildman–Crippen LogP) is 3.74. The highest BCUT2D eigenvalue weighted by molar-refractivity contribution is 5.97. The quantitative estimate of drug-likeness (QED) is 0.638. The summed E-state index contributed by atoms with van der Waals surface area (Å²) in [6, 6.07) is 0. The van der Waals surface area contributed by atoms with Crippen LogP contribution in [0.4, 0.5) is 0 Å². The van der Waals surface area contributed by atoms with Gasteiger partial charge in [0.25, 0.3) is 0 Å². The third-order valence-electron chi connectivity index (χ3n) is 4.26. The van der Waals surface area contributed by atoms with Gasteiger partial charge in [0.15, 0.2) is 5.78 Å². The van der Waals surface area contributed by atoms with Gasteiger partial charge in [-0.15, -0.1) is 0 Å². The Hall–Kier alpha value is -0.590. The summed E-state index contributed by atoms with van der Waals surface area (Å²) >= 11 is 0. The molecule has 0 heterocycles. The van der Waals surface area contributed by atoms with Crippen LogP contribution >= 0.6 is 0 Å². The van der Waals surface area contributed by atoms with Crippen LogP contribution in [-0.4, -0.2) is 5.78 Å². The molecule has 2 unspecified atom stereocenters. The Kier molecular flexibility index (Phi) is 2.99. The van der Waals surface area contributed by atoms with Crippen LogP contribution in [0, 0.1) is 17.8 Å². The summed E-state index contributed by atoms with van der Waals surface area (Å²) in [7, 11) is 0. The number of ketones is 1. The summed E-state index contributed by atoms with van der Waals surface area (Å²) in [5.41, 5.74) is 2.72. The molecule has 0 saturated carbocycles. The van der Waals surface area contributed by atoms with Crippen LogP contribution in [0.1, 0.15) is 52.9 Å². The second-order valence-electron chi connectivity index (χ2n) is 5.63. The second-order valence-corrected chi connectivity index (χ2v) is 5.63. The van der Waals surface area contributed by atoms with Gasteiger partial charge in [0, 0.05) is 6.42 Å². The zero-order valence-corrected chi connectivity index (χ0v) is 10.2. The largest absolute Gasteiger partial charge is 0.295 e. The van der Waals surface area contributed by atoms with Crippen LogP contribution < -0.4 is 0 Å². The maximum atomic E-state index is 12.0. The molecule has 0 bridgehead atoms. The van der Waals surface area contributed by atoms with E-state index < -0.39 is 0 Å². The molecule has 15 heavy (non-hydrogen) atoms. The van der Waals surface area contributed by atoms with Crippen molar-refractivity contribution in [3.05, 3.63) is 11.1 Å². The van der Waals surface area contributed by atoms with Crippen molar-refractivity contribution >= 4 is 5.78 Å². The minimum Gasteiger partial charge on any atom is -0.295 e. The smallest absolute Gasteiger partial charge is 0.159 e. The fraction of sp³-hybridized carbons (Fsp3) is 0.786. The molecule has 0 fully saturated rings. The van der Waals surface area contributed by atoms with Crippen molar-refractivity contribution in [1.29, 1.82) is 0 Å². The molecule has 0 aromatic rings. The molecule has 84 valence electrons. The molecular formula is C14H22O. The minimum atomic E-state index is 0.460. The molecule has 2 atom stereocenters. The van der Waals surface area contributed by atoms with Crippen LogP contribution in [0.25, 0.3) is 0 Å². The molecule has 0 aliphatic heterocycles. The Morgan fingerprint density at radius 3 is 2.67 bits per heavy atom. The topological polar surface area (TPSA) is 17.1 Å². The summed E-state index contributed by atoms with van der Waals surface area (Å²) in [5, 5.41) is 0. The van der Waals surface area contributed by atoms with E-state index in [-0.39, 0.29) is 0 Å². The average Bonchev–Trinajstić information content (AvgIpc) is 2.19. The van der Waals surface area contributed by atoms with Crippen LogP contribution in [0.15, 0.2) is 11.1 Å². The molecule has 2 aliphatic rings. The van der Waals surface area contributed by atoms with Gasteiger partial charge < -0.3 is 0 Å². The first-order valence-corrected chi connectivity index (χ1v) is 6.34. The first-order valence-electron chi connectivity index (χ1n) is 6.34. The minimum absolute atomic E-state index is 0.460. The summed E-state index contributed by atoms with van der Waals surface area (Å²) in [5.74, 6) is 2.38. The number of carbonyl (C=O) groups is 1. The predicted molar refractivity (Wildman–Crippen MR) is 62.6 cm³/mol. The lowest BCUT2D eigenvalue weighted by Gasteiger charge is -2.34. The highest BCUT2D eigenvalue weighted by Gasteiger charge is 2.32. The van der Waals surface area contributed by atoms with E-state index in [2.05, 4.69) is 20.8 Å². The summed E-state index contributed by atoms with van der Waals surface area (Å²) in [6.07, 6.45) is 5.57. The SMILES string of the molecule is CC1CCCC2=C1CC(C(C)C)CC2=O. The summed E-state index contributed by atoms with van der Waals surface area (Å²) < 4.78 is 0. The van der Waals surface area contributed by atoms with Crippen LogP contribution in [0.2, 0.25) is 0 Å². The van der Waals surface area contributed by atoms with E-state index in [1.54, 1.807) is 0 Å². The number of carbonyl (C=O) groups excluding carboxylic acids is 1. The normalized spacial score (nSPS) is 32.1. The van der Waals surface area contributed by atoms with Crippen molar-refractivity contribution in [1.82, 2.24) is 0 Å². The van der Waals surface area contributed by atoms with E-state index in [4.69, 9.17) is 0 Å². The van der Waals surface area contributed by atoms with E-state index in [1.165, 1.54) is 30.4 Å². The van der Waals surface area contributed by atoms with Crippen LogP contribution in [0.3, 0.4) is 0 Å². The van der Waals surface area contributed by atoms with Crippen LogP contribution in [-0.2, 0) is 4.79 Å². The van der Waals surface area contributed by atoms with Crippen molar-refractivity contribution in [3.63, 3.8) is 0 Å². The number of hydrogen-bond donors (Lipinski definition) is 0. The molecule has 0 N–H and O–H groups in total. The van der Waals surface area contributed by atoms with Gasteiger partial charge >= 0.3 is 0 Å². The summed E-state index contributed by atoms with van der Waals surface area (Å²) in [6.45, 7) is 6.79. The zero-order chi connectivity index (χ0) is 11.0. The highest BCUT2D eigenvalue weighted by Crippen LogP contribution is 2.41. The molecule has 0 aromatic heterocycles. The maximum absolute atomic E-state index is 12.0. The maximum Gasteiger partial charge on any atom is 0.159 e. The standard InChI is InChI=1S/C14H22O/c1-9(2)11-7-13-10(3)5-4-6-12(13)14(15)8-11/h9-11H,4-8H2,1-3H3. The van der Waals surface area contributed by atoms with E-state index in [0.29, 0.717) is 23.5 Å². The molecule has 1 nitrogen and oxygen atoms in total. The Morgan fingerprint density at radius 1 is 1.27 bits per heavy atom. The Bertz CT molecular complexity index is 298. The van der Waals surface area contributed by atoms with Gasteiger partial charge in [-0.1, -0.05) is 26.3 Å². The lowest BCUT2D eigenvalue weighted by atomic mass is 9.70. The van der Waals surface area contributed by atoms with E-state index in [1.807, 2.05) is 0 Å². The van der Waals surface area contributed by atoms with Crippen molar-refractivity contribution in [2.24, 2.45) is 17.8 Å². The molecule has 0 amide bonds. The molecule has 0 spiro atoms. The third kappa shape index (κ3) is 2.02. The van der Waals surface area contributed by atoms with Crippen molar-refractivity contribution in [3.8, 4) is 0 Å². The number of rotatable bonds is 1. The Balaban J connectivity index is 2.25. The zero-order valence-electron chi connectivity index (χ0n) is 10.2. The molecule has 0 saturated heterocycles. The van der Waals surface area contributed by atoms with Gasteiger partial charge in [-0.2, -0.15) is 0 Å². The summed E-state index contributed by atoms with van der Waals surface area (Å²) in [4.78, 5) is 12.0. The lowest BCUT2D eigenvalue weighted by molar-refractivity contribution is -0.117. The Labute approximate surface area is 92.9 Å².